The molecule has 2 aliphatic carbocycles. The Morgan fingerprint density at radius 2 is 1.35 bits per heavy atom. The maximum atomic E-state index is 10.0. The normalized spacial score (nSPS) is 22.0. The Labute approximate surface area is 122 Å². The molecule has 0 saturated heterocycles. The number of nitrogens with two attached hydrogens (primary N) is 1. The summed E-state index contributed by atoms with van der Waals surface area (Å²) >= 11 is 0. The van der Waals surface area contributed by atoms with Crippen molar-refractivity contribution in [1.29, 1.82) is 0 Å². The van der Waals surface area contributed by atoms with E-state index in [1.165, 1.54) is 75.3 Å². The van der Waals surface area contributed by atoms with Gasteiger partial charge >= 0.3 is 0 Å². The number of nitrogen functional groups attached to an aromatic ring is 1. The lowest BCUT2D eigenvalue weighted by molar-refractivity contribution is 0.416. The third-order valence-corrected chi connectivity index (χ3v) is 5.36. The van der Waals surface area contributed by atoms with Gasteiger partial charge in [-0.2, -0.15) is 0 Å². The average Bonchev–Trinajstić information content (AvgIpc) is 2.51. The van der Waals surface area contributed by atoms with Crippen molar-refractivity contribution in [2.75, 3.05) is 5.73 Å². The molecule has 0 amide bonds. The Hall–Kier alpha value is -1.18. The van der Waals surface area contributed by atoms with Crippen LogP contribution >= 0.6 is 0 Å². The van der Waals surface area contributed by atoms with Crippen molar-refractivity contribution in [3.8, 4) is 5.75 Å². The minimum atomic E-state index is 0.283. The summed E-state index contributed by atoms with van der Waals surface area (Å²) in [5, 5.41) is 10.0. The third-order valence-electron chi connectivity index (χ3n) is 5.36. The van der Waals surface area contributed by atoms with Gasteiger partial charge in [0.2, 0.25) is 0 Å². The fraction of sp³-hybridized carbons (Fsp3) is 0.667. The molecule has 2 fully saturated rings. The van der Waals surface area contributed by atoms with Crippen LogP contribution in [0.4, 0.5) is 5.69 Å². The van der Waals surface area contributed by atoms with Crippen LogP contribution in [0.25, 0.3) is 0 Å². The van der Waals surface area contributed by atoms with E-state index in [9.17, 15) is 5.11 Å². The predicted octanol–water partition coefficient (Wildman–Crippen LogP) is 5.07. The summed E-state index contributed by atoms with van der Waals surface area (Å²) in [7, 11) is 0. The van der Waals surface area contributed by atoms with Crippen LogP contribution in [0.2, 0.25) is 0 Å². The average molecular weight is 273 g/mol. The van der Waals surface area contributed by atoms with Crippen molar-refractivity contribution in [1.82, 2.24) is 0 Å². The topological polar surface area (TPSA) is 46.2 Å². The van der Waals surface area contributed by atoms with Crippen molar-refractivity contribution in [2.24, 2.45) is 0 Å². The number of benzene rings is 1. The van der Waals surface area contributed by atoms with Crippen molar-refractivity contribution in [3.63, 3.8) is 0 Å². The summed E-state index contributed by atoms with van der Waals surface area (Å²) in [6, 6.07) is 3.97. The van der Waals surface area contributed by atoms with Gasteiger partial charge in [-0.3, -0.25) is 0 Å². The Morgan fingerprint density at radius 1 is 0.800 bits per heavy atom. The first kappa shape index (κ1) is 13.8. The number of anilines is 1. The van der Waals surface area contributed by atoms with Gasteiger partial charge in [0.15, 0.2) is 0 Å². The van der Waals surface area contributed by atoms with Gasteiger partial charge in [-0.25, -0.2) is 0 Å². The molecule has 0 bridgehead atoms. The third kappa shape index (κ3) is 2.65. The van der Waals surface area contributed by atoms with Crippen LogP contribution in [0.3, 0.4) is 0 Å². The molecule has 2 nitrogen and oxygen atoms in total. The summed E-state index contributed by atoms with van der Waals surface area (Å²) in [6.45, 7) is 0. The van der Waals surface area contributed by atoms with E-state index < -0.39 is 0 Å². The molecule has 0 aromatic heterocycles. The molecule has 0 aliphatic heterocycles. The number of phenols is 1. The zero-order valence-corrected chi connectivity index (χ0v) is 12.4. The molecule has 2 aliphatic rings. The fourth-order valence-electron chi connectivity index (χ4n) is 4.26. The highest BCUT2D eigenvalue weighted by Crippen LogP contribution is 2.45. The molecule has 0 spiro atoms. The minimum Gasteiger partial charge on any atom is -0.506 e. The van der Waals surface area contributed by atoms with Crippen LogP contribution in [0.5, 0.6) is 5.75 Å². The molecule has 2 heteroatoms. The summed E-state index contributed by atoms with van der Waals surface area (Å²) in [6.07, 6.45) is 13.1. The monoisotopic (exact) mass is 273 g/mol. The number of aromatic hydroxyl groups is 1. The standard InChI is InChI=1S/C18H27NO/c19-18-16(20)12-11-15(13-7-3-1-4-8-13)17(18)14-9-5-2-6-10-14/h11-14,20H,1-10,19H2. The van der Waals surface area contributed by atoms with Crippen molar-refractivity contribution >= 4 is 5.69 Å². The Kier molecular flexibility index (Phi) is 4.18. The molecule has 20 heavy (non-hydrogen) atoms. The lowest BCUT2D eigenvalue weighted by Gasteiger charge is -2.31. The van der Waals surface area contributed by atoms with Gasteiger partial charge in [0.25, 0.3) is 0 Å². The fourth-order valence-corrected chi connectivity index (χ4v) is 4.26. The van der Waals surface area contributed by atoms with Gasteiger partial charge in [0.05, 0.1) is 5.69 Å². The zero-order chi connectivity index (χ0) is 13.9. The van der Waals surface area contributed by atoms with E-state index in [0.29, 0.717) is 17.5 Å². The van der Waals surface area contributed by atoms with Gasteiger partial charge in [-0.05, 0) is 54.7 Å². The Bertz CT molecular complexity index is 457. The molecule has 3 N–H and O–H groups in total. The van der Waals surface area contributed by atoms with Crippen molar-refractivity contribution < 1.29 is 5.11 Å². The molecule has 3 rings (SSSR count). The van der Waals surface area contributed by atoms with Gasteiger partial charge in [-0.1, -0.05) is 44.6 Å². The minimum absolute atomic E-state index is 0.283. The van der Waals surface area contributed by atoms with E-state index in [4.69, 9.17) is 5.73 Å². The van der Waals surface area contributed by atoms with E-state index in [0.717, 1.165) is 0 Å². The number of hydrogen-bond acceptors (Lipinski definition) is 2. The number of phenolic OH excluding ortho intramolecular Hbond substituents is 1. The first-order chi connectivity index (χ1) is 9.77. The summed E-state index contributed by atoms with van der Waals surface area (Å²) < 4.78 is 0. The largest absolute Gasteiger partial charge is 0.506 e. The molecule has 0 heterocycles. The second-order valence-corrected chi connectivity index (χ2v) is 6.67. The van der Waals surface area contributed by atoms with Crippen molar-refractivity contribution in [2.45, 2.75) is 76.0 Å². The Morgan fingerprint density at radius 3 is 1.95 bits per heavy atom. The summed E-state index contributed by atoms with van der Waals surface area (Å²) in [5.41, 5.74) is 9.69. The number of hydrogen-bond donors (Lipinski definition) is 2. The highest BCUT2D eigenvalue weighted by atomic mass is 16.3. The van der Waals surface area contributed by atoms with Crippen LogP contribution in [0.15, 0.2) is 12.1 Å². The van der Waals surface area contributed by atoms with Gasteiger partial charge in [0, 0.05) is 0 Å². The van der Waals surface area contributed by atoms with E-state index >= 15 is 0 Å². The quantitative estimate of drug-likeness (QED) is 0.583. The maximum Gasteiger partial charge on any atom is 0.138 e. The molecule has 1 aromatic carbocycles. The maximum absolute atomic E-state index is 10.0. The first-order valence-corrected chi connectivity index (χ1v) is 8.38. The molecule has 0 unspecified atom stereocenters. The van der Waals surface area contributed by atoms with Crippen molar-refractivity contribution in [3.05, 3.63) is 23.3 Å². The highest BCUT2D eigenvalue weighted by Gasteiger charge is 2.26. The van der Waals surface area contributed by atoms with Crippen LogP contribution in [0, 0.1) is 0 Å². The van der Waals surface area contributed by atoms with Crippen LogP contribution in [-0.2, 0) is 0 Å². The smallest absolute Gasteiger partial charge is 0.138 e. The summed E-state index contributed by atoms with van der Waals surface area (Å²) in [5.74, 6) is 1.53. The molecular formula is C18H27NO. The van der Waals surface area contributed by atoms with Gasteiger partial charge < -0.3 is 10.8 Å². The first-order valence-electron chi connectivity index (χ1n) is 8.38. The van der Waals surface area contributed by atoms with Gasteiger partial charge in [0.1, 0.15) is 5.75 Å². The molecule has 0 radical (unpaired) electrons. The van der Waals surface area contributed by atoms with E-state index in [2.05, 4.69) is 6.07 Å². The molecule has 110 valence electrons. The Balaban J connectivity index is 1.97. The molecular weight excluding hydrogens is 246 g/mol. The predicted molar refractivity (Wildman–Crippen MR) is 84.2 cm³/mol. The molecule has 0 atom stereocenters. The highest BCUT2D eigenvalue weighted by molar-refractivity contribution is 5.62. The zero-order valence-electron chi connectivity index (χ0n) is 12.4. The lowest BCUT2D eigenvalue weighted by Crippen LogP contribution is -2.14. The lowest BCUT2D eigenvalue weighted by atomic mass is 9.75. The van der Waals surface area contributed by atoms with Crippen LogP contribution < -0.4 is 5.73 Å². The van der Waals surface area contributed by atoms with Crippen LogP contribution in [-0.4, -0.2) is 5.11 Å². The number of rotatable bonds is 2. The SMILES string of the molecule is Nc1c(O)ccc(C2CCCCC2)c1C1CCCCC1. The van der Waals surface area contributed by atoms with Gasteiger partial charge in [-0.15, -0.1) is 0 Å². The van der Waals surface area contributed by atoms with E-state index in [1.54, 1.807) is 0 Å². The molecule has 2 saturated carbocycles. The summed E-state index contributed by atoms with van der Waals surface area (Å²) in [4.78, 5) is 0. The second-order valence-electron chi connectivity index (χ2n) is 6.67. The molecule has 1 aromatic rings. The van der Waals surface area contributed by atoms with E-state index in [1.807, 2.05) is 6.07 Å². The van der Waals surface area contributed by atoms with E-state index in [-0.39, 0.29) is 5.75 Å². The van der Waals surface area contributed by atoms with Crippen LogP contribution in [0.1, 0.15) is 87.2 Å². The second kappa shape index (κ2) is 6.07.